The van der Waals surface area contributed by atoms with E-state index in [1.54, 1.807) is 13.1 Å². The first kappa shape index (κ1) is 15.1. The van der Waals surface area contributed by atoms with Gasteiger partial charge in [0.25, 0.3) is 0 Å². The predicted octanol–water partition coefficient (Wildman–Crippen LogP) is 1.56. The topological polar surface area (TPSA) is 59.1 Å². The number of rotatable bonds is 8. The van der Waals surface area contributed by atoms with Gasteiger partial charge in [0.2, 0.25) is 0 Å². The molecule has 4 nitrogen and oxygen atoms in total. The molecular formula is C13H22N2O2S. The quantitative estimate of drug-likeness (QED) is 0.728. The number of aryl methyl sites for hydroxylation is 1. The smallest absolute Gasteiger partial charge is 0.150 e. The molecule has 18 heavy (non-hydrogen) atoms. The van der Waals surface area contributed by atoms with Crippen molar-refractivity contribution in [3.63, 3.8) is 0 Å². The van der Waals surface area contributed by atoms with E-state index in [-0.39, 0.29) is 11.5 Å². The van der Waals surface area contributed by atoms with Gasteiger partial charge in [-0.05, 0) is 31.0 Å². The zero-order valence-corrected chi connectivity index (χ0v) is 12.0. The lowest BCUT2D eigenvalue weighted by atomic mass is 10.1. The molecule has 0 amide bonds. The van der Waals surface area contributed by atoms with Crippen LogP contribution in [0.4, 0.5) is 0 Å². The van der Waals surface area contributed by atoms with Crippen molar-refractivity contribution in [2.45, 2.75) is 33.2 Å². The maximum atomic E-state index is 11.3. The van der Waals surface area contributed by atoms with Crippen LogP contribution in [0.2, 0.25) is 0 Å². The molecule has 0 saturated heterocycles. The highest BCUT2D eigenvalue weighted by atomic mass is 32.2. The molecule has 0 bridgehead atoms. The van der Waals surface area contributed by atoms with E-state index in [9.17, 15) is 8.42 Å². The summed E-state index contributed by atoms with van der Waals surface area (Å²) in [5, 5.41) is 3.25. The van der Waals surface area contributed by atoms with E-state index in [1.807, 2.05) is 6.07 Å². The van der Waals surface area contributed by atoms with Crippen molar-refractivity contribution in [3.05, 3.63) is 29.6 Å². The van der Waals surface area contributed by atoms with Gasteiger partial charge in [-0.3, -0.25) is 4.98 Å². The van der Waals surface area contributed by atoms with Gasteiger partial charge in [0, 0.05) is 18.5 Å². The first-order valence-electron chi connectivity index (χ1n) is 6.43. The average Bonchev–Trinajstić information content (AvgIpc) is 2.38. The van der Waals surface area contributed by atoms with E-state index >= 15 is 0 Å². The molecule has 0 unspecified atom stereocenters. The molecule has 1 aromatic heterocycles. The van der Waals surface area contributed by atoms with Gasteiger partial charge in [0.1, 0.15) is 9.84 Å². The first-order valence-corrected chi connectivity index (χ1v) is 8.25. The molecule has 102 valence electrons. The highest BCUT2D eigenvalue weighted by molar-refractivity contribution is 7.91. The SMILES string of the molecule is CCc1cccnc1CNCCCS(=O)(=O)CC. The lowest BCUT2D eigenvalue weighted by molar-refractivity contribution is 0.589. The van der Waals surface area contributed by atoms with Crippen molar-refractivity contribution < 1.29 is 8.42 Å². The van der Waals surface area contributed by atoms with Crippen molar-refractivity contribution in [3.8, 4) is 0 Å². The fourth-order valence-corrected chi connectivity index (χ4v) is 2.59. The number of hydrogen-bond acceptors (Lipinski definition) is 4. The summed E-state index contributed by atoms with van der Waals surface area (Å²) in [5.74, 6) is 0.493. The van der Waals surface area contributed by atoms with Crippen LogP contribution in [-0.4, -0.2) is 31.5 Å². The lowest BCUT2D eigenvalue weighted by Crippen LogP contribution is -2.20. The fraction of sp³-hybridized carbons (Fsp3) is 0.615. The highest BCUT2D eigenvalue weighted by Crippen LogP contribution is 2.05. The second kappa shape index (κ2) is 7.48. The van der Waals surface area contributed by atoms with Gasteiger partial charge in [0.05, 0.1) is 11.4 Å². The number of hydrogen-bond donors (Lipinski definition) is 1. The standard InChI is InChI=1S/C13H22N2O2S/c1-3-12-7-5-9-15-13(12)11-14-8-6-10-18(16,17)4-2/h5,7,9,14H,3-4,6,8,10-11H2,1-2H3. The Kier molecular flexibility index (Phi) is 6.29. The van der Waals surface area contributed by atoms with Crippen molar-refractivity contribution in [1.82, 2.24) is 10.3 Å². The van der Waals surface area contributed by atoms with Crippen LogP contribution in [-0.2, 0) is 22.8 Å². The Labute approximate surface area is 110 Å². The summed E-state index contributed by atoms with van der Waals surface area (Å²) in [4.78, 5) is 4.33. The number of aromatic nitrogens is 1. The van der Waals surface area contributed by atoms with E-state index in [0.29, 0.717) is 19.5 Å². The van der Waals surface area contributed by atoms with Crippen LogP contribution in [0.25, 0.3) is 0 Å². The number of nitrogens with zero attached hydrogens (tertiary/aromatic N) is 1. The summed E-state index contributed by atoms with van der Waals surface area (Å²) in [6, 6.07) is 4.02. The average molecular weight is 270 g/mol. The summed E-state index contributed by atoms with van der Waals surface area (Å²) >= 11 is 0. The van der Waals surface area contributed by atoms with Crippen molar-refractivity contribution in [1.29, 1.82) is 0 Å². The van der Waals surface area contributed by atoms with Crippen LogP contribution >= 0.6 is 0 Å². The molecule has 5 heteroatoms. The molecule has 1 heterocycles. The van der Waals surface area contributed by atoms with Gasteiger partial charge in [-0.15, -0.1) is 0 Å². The van der Waals surface area contributed by atoms with Crippen molar-refractivity contribution in [2.24, 2.45) is 0 Å². The zero-order valence-electron chi connectivity index (χ0n) is 11.1. The summed E-state index contributed by atoms with van der Waals surface area (Å²) in [5.41, 5.74) is 2.30. The predicted molar refractivity (Wildman–Crippen MR) is 74.3 cm³/mol. The minimum atomic E-state index is -2.83. The second-order valence-corrected chi connectivity index (χ2v) is 6.70. The molecule has 0 radical (unpaired) electrons. The molecule has 1 rings (SSSR count). The lowest BCUT2D eigenvalue weighted by Gasteiger charge is -2.08. The Balaban J connectivity index is 2.30. The maximum Gasteiger partial charge on any atom is 0.150 e. The monoisotopic (exact) mass is 270 g/mol. The summed E-state index contributed by atoms with van der Waals surface area (Å²) in [6.07, 6.45) is 3.41. The van der Waals surface area contributed by atoms with Crippen LogP contribution in [0.3, 0.4) is 0 Å². The van der Waals surface area contributed by atoms with Crippen LogP contribution in [0.1, 0.15) is 31.5 Å². The molecular weight excluding hydrogens is 248 g/mol. The van der Waals surface area contributed by atoms with E-state index in [2.05, 4.69) is 23.3 Å². The van der Waals surface area contributed by atoms with Gasteiger partial charge >= 0.3 is 0 Å². The Morgan fingerprint density at radius 3 is 2.78 bits per heavy atom. The molecule has 0 aliphatic heterocycles. The van der Waals surface area contributed by atoms with E-state index in [1.165, 1.54) is 5.56 Å². The first-order chi connectivity index (χ1) is 8.59. The maximum absolute atomic E-state index is 11.3. The molecule has 0 spiro atoms. The van der Waals surface area contributed by atoms with E-state index < -0.39 is 9.84 Å². The Morgan fingerprint density at radius 2 is 2.11 bits per heavy atom. The fourth-order valence-electron chi connectivity index (χ4n) is 1.72. The van der Waals surface area contributed by atoms with Crippen molar-refractivity contribution >= 4 is 9.84 Å². The molecule has 1 N–H and O–H groups in total. The molecule has 1 aromatic rings. The third-order valence-electron chi connectivity index (χ3n) is 2.91. The van der Waals surface area contributed by atoms with Crippen molar-refractivity contribution in [2.75, 3.05) is 18.1 Å². The Morgan fingerprint density at radius 1 is 1.33 bits per heavy atom. The molecule has 0 aromatic carbocycles. The normalized spacial score (nSPS) is 11.7. The highest BCUT2D eigenvalue weighted by Gasteiger charge is 2.06. The largest absolute Gasteiger partial charge is 0.311 e. The Bertz CT molecular complexity index is 458. The zero-order chi connectivity index (χ0) is 13.4. The van der Waals surface area contributed by atoms with E-state index in [0.717, 1.165) is 12.1 Å². The van der Waals surface area contributed by atoms with Gasteiger partial charge in [-0.25, -0.2) is 8.42 Å². The van der Waals surface area contributed by atoms with Gasteiger partial charge < -0.3 is 5.32 Å². The minimum Gasteiger partial charge on any atom is -0.311 e. The van der Waals surface area contributed by atoms with Gasteiger partial charge in [-0.1, -0.05) is 19.9 Å². The van der Waals surface area contributed by atoms with Gasteiger partial charge in [0.15, 0.2) is 0 Å². The summed E-state index contributed by atoms with van der Waals surface area (Å²) in [7, 11) is -2.83. The van der Waals surface area contributed by atoms with Gasteiger partial charge in [-0.2, -0.15) is 0 Å². The summed E-state index contributed by atoms with van der Waals surface area (Å²) < 4.78 is 22.6. The van der Waals surface area contributed by atoms with E-state index in [4.69, 9.17) is 0 Å². The van der Waals surface area contributed by atoms with Crippen LogP contribution in [0.5, 0.6) is 0 Å². The third kappa shape index (κ3) is 5.14. The number of sulfone groups is 1. The van der Waals surface area contributed by atoms with Crippen LogP contribution < -0.4 is 5.32 Å². The van der Waals surface area contributed by atoms with Crippen LogP contribution in [0.15, 0.2) is 18.3 Å². The molecule has 0 aliphatic rings. The Hall–Kier alpha value is -0.940. The molecule has 0 atom stereocenters. The minimum absolute atomic E-state index is 0.229. The third-order valence-corrected chi connectivity index (χ3v) is 4.70. The summed E-state index contributed by atoms with van der Waals surface area (Å²) in [6.45, 7) is 5.20. The second-order valence-electron chi connectivity index (χ2n) is 4.23. The molecule has 0 fully saturated rings. The van der Waals surface area contributed by atoms with Crippen LogP contribution in [0, 0.1) is 0 Å². The number of pyridine rings is 1. The molecule has 0 aliphatic carbocycles. The number of nitrogens with one attached hydrogen (secondary N) is 1. The molecule has 0 saturated carbocycles.